The maximum Gasteiger partial charge on any atom is 0.341 e. The van der Waals surface area contributed by atoms with Crippen LogP contribution in [0.2, 0.25) is 0 Å². The average molecular weight is 313 g/mol. The Morgan fingerprint density at radius 1 is 1.18 bits per heavy atom. The predicted molar refractivity (Wildman–Crippen MR) is 87.4 cm³/mol. The van der Waals surface area contributed by atoms with Crippen LogP contribution >= 0.6 is 11.8 Å². The van der Waals surface area contributed by atoms with Gasteiger partial charge in [-0.2, -0.15) is 0 Å². The summed E-state index contributed by atoms with van der Waals surface area (Å²) in [5.74, 6) is -0.267. The Bertz CT molecular complexity index is 730. The summed E-state index contributed by atoms with van der Waals surface area (Å²) in [6, 6.07) is 10.4. The van der Waals surface area contributed by atoms with Gasteiger partial charge < -0.3 is 4.74 Å². The van der Waals surface area contributed by atoms with E-state index in [1.54, 1.807) is 0 Å². The van der Waals surface area contributed by atoms with E-state index in [9.17, 15) is 4.79 Å². The largest absolute Gasteiger partial charge is 0.457 e. The highest BCUT2D eigenvalue weighted by atomic mass is 32.2. The molecule has 1 aliphatic rings. The van der Waals surface area contributed by atoms with Gasteiger partial charge in [-0.05, 0) is 36.1 Å². The molecule has 2 heterocycles. The van der Waals surface area contributed by atoms with Crippen molar-refractivity contribution >= 4 is 17.7 Å². The number of benzene rings is 1. The number of aryl methyl sites for hydroxylation is 1. The van der Waals surface area contributed by atoms with Crippen molar-refractivity contribution in [1.29, 1.82) is 0 Å². The summed E-state index contributed by atoms with van der Waals surface area (Å²) in [7, 11) is 0. The van der Waals surface area contributed by atoms with Crippen molar-refractivity contribution in [2.45, 2.75) is 49.6 Å². The average Bonchev–Trinajstić information content (AvgIpc) is 2.80. The number of hydrogen-bond acceptors (Lipinski definition) is 4. The molecule has 0 saturated carbocycles. The van der Waals surface area contributed by atoms with Gasteiger partial charge in [0.05, 0.1) is 5.56 Å². The zero-order valence-corrected chi connectivity index (χ0v) is 14.1. The summed E-state index contributed by atoms with van der Waals surface area (Å²) < 4.78 is 5.13. The first-order valence-corrected chi connectivity index (χ1v) is 8.12. The Morgan fingerprint density at radius 2 is 1.86 bits per heavy atom. The maximum absolute atomic E-state index is 11.9. The van der Waals surface area contributed by atoms with Crippen LogP contribution in [-0.2, 0) is 16.8 Å². The summed E-state index contributed by atoms with van der Waals surface area (Å²) >= 11 is 1.52. The number of hydrogen-bond donors (Lipinski definition) is 0. The van der Waals surface area contributed by atoms with Gasteiger partial charge in [0.2, 0.25) is 0 Å². The van der Waals surface area contributed by atoms with Crippen molar-refractivity contribution < 1.29 is 9.53 Å². The van der Waals surface area contributed by atoms with Gasteiger partial charge in [-0.3, -0.25) is 0 Å². The van der Waals surface area contributed by atoms with E-state index in [0.717, 1.165) is 21.2 Å². The molecule has 4 heteroatoms. The highest BCUT2D eigenvalue weighted by molar-refractivity contribution is 7.99. The minimum absolute atomic E-state index is 0.135. The maximum atomic E-state index is 11.9. The molecule has 3 rings (SSSR count). The smallest absolute Gasteiger partial charge is 0.341 e. The minimum Gasteiger partial charge on any atom is -0.457 e. The fraction of sp³-hybridized carbons (Fsp3) is 0.333. The molecular formula is C18H19NO2S. The SMILES string of the molecule is Cc1cc2c(c(Sc3ccc(C(C)(C)C)cc3)n1)C(=O)OC2. The second-order valence-corrected chi connectivity index (χ2v) is 7.62. The Hall–Kier alpha value is -1.81. The summed E-state index contributed by atoms with van der Waals surface area (Å²) in [5.41, 5.74) is 3.89. The van der Waals surface area contributed by atoms with Crippen LogP contribution in [-0.4, -0.2) is 11.0 Å². The number of esters is 1. The zero-order chi connectivity index (χ0) is 15.9. The van der Waals surface area contributed by atoms with E-state index in [0.29, 0.717) is 12.2 Å². The summed E-state index contributed by atoms with van der Waals surface area (Å²) in [6.07, 6.45) is 0. The van der Waals surface area contributed by atoms with Crippen LogP contribution in [0, 0.1) is 6.92 Å². The monoisotopic (exact) mass is 313 g/mol. The highest BCUT2D eigenvalue weighted by Gasteiger charge is 2.27. The first-order valence-electron chi connectivity index (χ1n) is 7.30. The lowest BCUT2D eigenvalue weighted by Gasteiger charge is -2.19. The van der Waals surface area contributed by atoms with Gasteiger partial charge in [-0.15, -0.1) is 0 Å². The van der Waals surface area contributed by atoms with Gasteiger partial charge in [-0.25, -0.2) is 9.78 Å². The van der Waals surface area contributed by atoms with E-state index >= 15 is 0 Å². The number of fused-ring (bicyclic) bond motifs is 1. The standard InChI is InChI=1S/C18H19NO2S/c1-11-9-12-10-21-17(20)15(12)16(19-11)22-14-7-5-13(6-8-14)18(2,3)4/h5-9H,10H2,1-4H3. The third-order valence-electron chi connectivity index (χ3n) is 3.69. The number of pyridine rings is 1. The molecule has 0 N–H and O–H groups in total. The molecule has 0 fully saturated rings. The number of cyclic esters (lactones) is 1. The molecule has 0 aliphatic carbocycles. The molecule has 2 aromatic rings. The van der Waals surface area contributed by atoms with Crippen LogP contribution in [0.25, 0.3) is 0 Å². The van der Waals surface area contributed by atoms with Crippen molar-refractivity contribution in [3.63, 3.8) is 0 Å². The predicted octanol–water partition coefficient (Wildman–Crippen LogP) is 4.51. The molecule has 22 heavy (non-hydrogen) atoms. The van der Waals surface area contributed by atoms with E-state index in [1.165, 1.54) is 17.3 Å². The second-order valence-electron chi connectivity index (χ2n) is 6.56. The van der Waals surface area contributed by atoms with E-state index in [2.05, 4.69) is 50.0 Å². The van der Waals surface area contributed by atoms with Crippen LogP contribution < -0.4 is 0 Å². The molecule has 0 saturated heterocycles. The third kappa shape index (κ3) is 2.88. The fourth-order valence-electron chi connectivity index (χ4n) is 2.47. The van der Waals surface area contributed by atoms with Crippen molar-refractivity contribution in [1.82, 2.24) is 4.98 Å². The van der Waals surface area contributed by atoms with Crippen molar-refractivity contribution in [3.8, 4) is 0 Å². The fourth-order valence-corrected chi connectivity index (χ4v) is 3.47. The summed E-state index contributed by atoms with van der Waals surface area (Å²) in [5, 5.41) is 0.737. The number of ether oxygens (including phenoxy) is 1. The first kappa shape index (κ1) is 15.1. The lowest BCUT2D eigenvalue weighted by Crippen LogP contribution is -2.10. The summed E-state index contributed by atoms with van der Waals surface area (Å²) in [4.78, 5) is 17.5. The number of aromatic nitrogens is 1. The highest BCUT2D eigenvalue weighted by Crippen LogP contribution is 2.35. The van der Waals surface area contributed by atoms with Crippen LogP contribution in [0.3, 0.4) is 0 Å². The molecule has 1 aliphatic heterocycles. The van der Waals surface area contributed by atoms with Crippen molar-refractivity contribution in [3.05, 3.63) is 52.7 Å². The molecule has 0 unspecified atom stereocenters. The van der Waals surface area contributed by atoms with Gasteiger partial charge in [0, 0.05) is 16.2 Å². The molecule has 1 aromatic heterocycles. The first-order chi connectivity index (χ1) is 10.3. The topological polar surface area (TPSA) is 39.2 Å². The molecule has 0 atom stereocenters. The second kappa shape index (κ2) is 5.43. The Labute approximate surface area is 135 Å². The number of nitrogens with zero attached hydrogens (tertiary/aromatic N) is 1. The molecule has 114 valence electrons. The lowest BCUT2D eigenvalue weighted by molar-refractivity contribution is 0.0532. The number of carbonyl (C=O) groups excluding carboxylic acids is 1. The van der Waals surface area contributed by atoms with E-state index in [-0.39, 0.29) is 11.4 Å². The van der Waals surface area contributed by atoms with E-state index in [4.69, 9.17) is 4.74 Å². The van der Waals surface area contributed by atoms with Gasteiger partial charge in [-0.1, -0.05) is 44.7 Å². The quantitative estimate of drug-likeness (QED) is 0.765. The van der Waals surface area contributed by atoms with E-state index < -0.39 is 0 Å². The third-order valence-corrected chi connectivity index (χ3v) is 4.69. The van der Waals surface area contributed by atoms with Gasteiger partial charge in [0.15, 0.2) is 0 Å². The zero-order valence-electron chi connectivity index (χ0n) is 13.3. The molecule has 3 nitrogen and oxygen atoms in total. The normalized spacial score (nSPS) is 13.9. The number of rotatable bonds is 2. The molecule has 0 bridgehead atoms. The van der Waals surface area contributed by atoms with Gasteiger partial charge in [0.1, 0.15) is 11.6 Å². The van der Waals surface area contributed by atoms with Crippen LogP contribution in [0.4, 0.5) is 0 Å². The Kier molecular flexibility index (Phi) is 3.73. The summed E-state index contributed by atoms with van der Waals surface area (Å²) in [6.45, 7) is 8.88. The lowest BCUT2D eigenvalue weighted by atomic mass is 9.87. The van der Waals surface area contributed by atoms with Gasteiger partial charge >= 0.3 is 5.97 Å². The Balaban J connectivity index is 1.93. The molecule has 1 aromatic carbocycles. The Morgan fingerprint density at radius 3 is 2.50 bits per heavy atom. The van der Waals surface area contributed by atoms with Crippen LogP contribution in [0.1, 0.15) is 48.0 Å². The molecule has 0 amide bonds. The minimum atomic E-state index is -0.267. The van der Waals surface area contributed by atoms with Crippen LogP contribution in [0.15, 0.2) is 40.3 Å². The molecule has 0 spiro atoms. The van der Waals surface area contributed by atoms with Crippen LogP contribution in [0.5, 0.6) is 0 Å². The number of carbonyl (C=O) groups is 1. The molecule has 0 radical (unpaired) electrons. The molecular weight excluding hydrogens is 294 g/mol. The van der Waals surface area contributed by atoms with Gasteiger partial charge in [0.25, 0.3) is 0 Å². The van der Waals surface area contributed by atoms with Crippen molar-refractivity contribution in [2.75, 3.05) is 0 Å². The van der Waals surface area contributed by atoms with Crippen molar-refractivity contribution in [2.24, 2.45) is 0 Å². The van der Waals surface area contributed by atoms with E-state index in [1.807, 2.05) is 13.0 Å².